The molecular formula is C10H19N3O. The fraction of sp³-hybridized carbons (Fsp3) is 0.800. The molecule has 0 aliphatic carbocycles. The fourth-order valence-corrected chi connectivity index (χ4v) is 1.45. The van der Waals surface area contributed by atoms with Crippen LogP contribution < -0.4 is 5.73 Å². The van der Waals surface area contributed by atoms with Crippen LogP contribution in [-0.4, -0.2) is 16.7 Å². The van der Waals surface area contributed by atoms with Crippen molar-refractivity contribution in [1.29, 1.82) is 0 Å². The quantitative estimate of drug-likeness (QED) is 0.756. The molecule has 0 spiro atoms. The molecule has 0 bridgehead atoms. The third kappa shape index (κ3) is 2.80. The van der Waals surface area contributed by atoms with E-state index in [1.807, 2.05) is 0 Å². The van der Waals surface area contributed by atoms with Crippen LogP contribution >= 0.6 is 0 Å². The van der Waals surface area contributed by atoms with Gasteiger partial charge in [-0.15, -0.1) is 0 Å². The molecule has 4 heteroatoms. The molecule has 0 aliphatic heterocycles. The summed E-state index contributed by atoms with van der Waals surface area (Å²) >= 11 is 0. The number of nitrogens with zero attached hydrogens (tertiary/aromatic N) is 2. The zero-order valence-electron chi connectivity index (χ0n) is 8.99. The maximum absolute atomic E-state index is 5.65. The molecule has 0 fully saturated rings. The molecule has 1 aromatic heterocycles. The molecule has 14 heavy (non-hydrogen) atoms. The van der Waals surface area contributed by atoms with Gasteiger partial charge < -0.3 is 10.3 Å². The predicted octanol–water partition coefficient (Wildman–Crippen LogP) is 1.86. The van der Waals surface area contributed by atoms with Crippen molar-refractivity contribution in [2.45, 2.75) is 45.4 Å². The van der Waals surface area contributed by atoms with Crippen LogP contribution in [0.2, 0.25) is 0 Å². The Labute approximate surface area is 84.9 Å². The average Bonchev–Trinajstić information content (AvgIpc) is 2.63. The monoisotopic (exact) mass is 197 g/mol. The van der Waals surface area contributed by atoms with Crippen LogP contribution in [-0.2, 0) is 6.42 Å². The van der Waals surface area contributed by atoms with Crippen LogP contribution in [0.15, 0.2) is 4.52 Å². The topological polar surface area (TPSA) is 64.9 Å². The fourth-order valence-electron chi connectivity index (χ4n) is 1.45. The summed E-state index contributed by atoms with van der Waals surface area (Å²) in [6.07, 6.45) is 4.03. The van der Waals surface area contributed by atoms with E-state index in [4.69, 9.17) is 10.3 Å². The van der Waals surface area contributed by atoms with Gasteiger partial charge in [-0.05, 0) is 12.8 Å². The number of aromatic nitrogens is 2. The Kier molecular flexibility index (Phi) is 4.59. The first kappa shape index (κ1) is 11.2. The van der Waals surface area contributed by atoms with Crippen LogP contribution in [0.5, 0.6) is 0 Å². The smallest absolute Gasteiger partial charge is 0.231 e. The average molecular weight is 197 g/mol. The molecule has 0 amide bonds. The van der Waals surface area contributed by atoms with Gasteiger partial charge in [-0.3, -0.25) is 0 Å². The highest BCUT2D eigenvalue weighted by atomic mass is 16.5. The second-order valence-corrected chi connectivity index (χ2v) is 3.52. The standard InChI is InChI=1S/C10H19N3O/c1-3-5-8(7-11)10-12-9(6-4-2)13-14-10/h8H,3-7,11H2,1-2H3. The number of hydrogen-bond donors (Lipinski definition) is 1. The molecule has 0 radical (unpaired) electrons. The van der Waals surface area contributed by atoms with Gasteiger partial charge in [0.25, 0.3) is 0 Å². The van der Waals surface area contributed by atoms with Crippen molar-refractivity contribution in [2.75, 3.05) is 6.54 Å². The summed E-state index contributed by atoms with van der Waals surface area (Å²) in [5, 5.41) is 3.92. The van der Waals surface area contributed by atoms with E-state index in [0.29, 0.717) is 12.4 Å². The van der Waals surface area contributed by atoms with Gasteiger partial charge >= 0.3 is 0 Å². The SMILES string of the molecule is CCCc1noc(C(CN)CCC)n1. The van der Waals surface area contributed by atoms with Crippen LogP contribution in [0.3, 0.4) is 0 Å². The van der Waals surface area contributed by atoms with Crippen molar-refractivity contribution in [3.8, 4) is 0 Å². The molecule has 80 valence electrons. The number of aryl methyl sites for hydroxylation is 1. The van der Waals surface area contributed by atoms with E-state index in [1.54, 1.807) is 0 Å². The molecule has 0 saturated heterocycles. The second kappa shape index (κ2) is 5.75. The summed E-state index contributed by atoms with van der Waals surface area (Å²) in [5.41, 5.74) is 5.65. The second-order valence-electron chi connectivity index (χ2n) is 3.52. The zero-order valence-corrected chi connectivity index (χ0v) is 8.99. The van der Waals surface area contributed by atoms with Gasteiger partial charge in [0, 0.05) is 13.0 Å². The van der Waals surface area contributed by atoms with Crippen molar-refractivity contribution in [3.05, 3.63) is 11.7 Å². The van der Waals surface area contributed by atoms with Gasteiger partial charge in [-0.25, -0.2) is 0 Å². The van der Waals surface area contributed by atoms with E-state index in [9.17, 15) is 0 Å². The summed E-state index contributed by atoms with van der Waals surface area (Å²) in [5.74, 6) is 1.74. The van der Waals surface area contributed by atoms with Gasteiger partial charge in [0.05, 0.1) is 5.92 Å². The number of rotatable bonds is 6. The van der Waals surface area contributed by atoms with E-state index in [2.05, 4.69) is 24.0 Å². The Morgan fingerprint density at radius 3 is 2.71 bits per heavy atom. The van der Waals surface area contributed by atoms with Crippen LogP contribution in [0.4, 0.5) is 0 Å². The van der Waals surface area contributed by atoms with E-state index >= 15 is 0 Å². The molecule has 0 saturated carbocycles. The molecular weight excluding hydrogens is 178 g/mol. The first-order valence-electron chi connectivity index (χ1n) is 5.34. The maximum atomic E-state index is 5.65. The third-order valence-electron chi connectivity index (χ3n) is 2.23. The van der Waals surface area contributed by atoms with Crippen LogP contribution in [0.25, 0.3) is 0 Å². The van der Waals surface area contributed by atoms with Crippen LogP contribution in [0, 0.1) is 0 Å². The Hall–Kier alpha value is -0.900. The van der Waals surface area contributed by atoms with Gasteiger partial charge in [0.2, 0.25) is 5.89 Å². The molecule has 1 aromatic rings. The van der Waals surface area contributed by atoms with Gasteiger partial charge in [0.1, 0.15) is 0 Å². The highest BCUT2D eigenvalue weighted by molar-refractivity contribution is 4.94. The summed E-state index contributed by atoms with van der Waals surface area (Å²) in [7, 11) is 0. The van der Waals surface area contributed by atoms with E-state index < -0.39 is 0 Å². The lowest BCUT2D eigenvalue weighted by Crippen LogP contribution is -2.12. The first-order valence-corrected chi connectivity index (χ1v) is 5.34. The highest BCUT2D eigenvalue weighted by Crippen LogP contribution is 2.18. The minimum Gasteiger partial charge on any atom is -0.339 e. The van der Waals surface area contributed by atoms with Gasteiger partial charge in [0.15, 0.2) is 5.82 Å². The maximum Gasteiger partial charge on any atom is 0.231 e. The molecule has 4 nitrogen and oxygen atoms in total. The predicted molar refractivity (Wildman–Crippen MR) is 55.0 cm³/mol. The zero-order chi connectivity index (χ0) is 10.4. The largest absolute Gasteiger partial charge is 0.339 e. The number of nitrogens with two attached hydrogens (primary N) is 1. The van der Waals surface area contributed by atoms with Crippen LogP contribution in [0.1, 0.15) is 50.7 Å². The van der Waals surface area contributed by atoms with E-state index in [1.165, 1.54) is 0 Å². The summed E-state index contributed by atoms with van der Waals surface area (Å²) in [4.78, 5) is 4.33. The van der Waals surface area contributed by atoms with Crippen molar-refractivity contribution in [3.63, 3.8) is 0 Å². The van der Waals surface area contributed by atoms with Crippen molar-refractivity contribution >= 4 is 0 Å². The Morgan fingerprint density at radius 2 is 2.14 bits per heavy atom. The third-order valence-corrected chi connectivity index (χ3v) is 2.23. The Bertz CT molecular complexity index is 260. The van der Waals surface area contributed by atoms with Crippen molar-refractivity contribution in [2.24, 2.45) is 5.73 Å². The number of hydrogen-bond acceptors (Lipinski definition) is 4. The van der Waals surface area contributed by atoms with Crippen molar-refractivity contribution in [1.82, 2.24) is 10.1 Å². The lowest BCUT2D eigenvalue weighted by atomic mass is 10.0. The minimum atomic E-state index is 0.234. The molecule has 2 N–H and O–H groups in total. The van der Waals surface area contributed by atoms with Gasteiger partial charge in [-0.2, -0.15) is 4.98 Å². The molecule has 0 aliphatic rings. The molecule has 1 unspecified atom stereocenters. The minimum absolute atomic E-state index is 0.234. The van der Waals surface area contributed by atoms with Gasteiger partial charge in [-0.1, -0.05) is 25.4 Å². The molecule has 1 rings (SSSR count). The summed E-state index contributed by atoms with van der Waals surface area (Å²) in [6, 6.07) is 0. The normalized spacial score (nSPS) is 13.1. The lowest BCUT2D eigenvalue weighted by molar-refractivity contribution is 0.343. The van der Waals surface area contributed by atoms with E-state index in [0.717, 1.165) is 31.5 Å². The molecule has 0 aromatic carbocycles. The Balaban J connectivity index is 2.63. The van der Waals surface area contributed by atoms with E-state index in [-0.39, 0.29) is 5.92 Å². The molecule has 1 atom stereocenters. The van der Waals surface area contributed by atoms with Crippen molar-refractivity contribution < 1.29 is 4.52 Å². The lowest BCUT2D eigenvalue weighted by Gasteiger charge is -2.06. The first-order chi connectivity index (χ1) is 6.81. The molecule has 1 heterocycles. The Morgan fingerprint density at radius 1 is 1.36 bits per heavy atom. The summed E-state index contributed by atoms with van der Waals surface area (Å²) in [6.45, 7) is 4.82. The highest BCUT2D eigenvalue weighted by Gasteiger charge is 2.16. The summed E-state index contributed by atoms with van der Waals surface area (Å²) < 4.78 is 5.18.